The highest BCUT2D eigenvalue weighted by Gasteiger charge is 2.13. The molecule has 25 heavy (non-hydrogen) atoms. The van der Waals surface area contributed by atoms with Gasteiger partial charge >= 0.3 is 0 Å². The van der Waals surface area contributed by atoms with E-state index in [0.717, 1.165) is 11.3 Å². The molecule has 0 bridgehead atoms. The van der Waals surface area contributed by atoms with Gasteiger partial charge in [0.25, 0.3) is 0 Å². The van der Waals surface area contributed by atoms with Gasteiger partial charge in [0.1, 0.15) is 12.7 Å². The summed E-state index contributed by atoms with van der Waals surface area (Å²) in [5, 5.41) is 8.86. The quantitative estimate of drug-likeness (QED) is 0.661. The minimum Gasteiger partial charge on any atom is -0.350 e. The molecule has 1 N–H and O–H groups in total. The van der Waals surface area contributed by atoms with Crippen molar-refractivity contribution in [1.29, 1.82) is 0 Å². The number of Topliss-reactive ketones (excluding diaryl/α,β-unsaturated/α-hetero) is 1. The number of hydrogen-bond acceptors (Lipinski definition) is 5. The molecular weight excluding hydrogens is 336 g/mol. The molecule has 2 heterocycles. The average molecular weight is 354 g/mol. The van der Waals surface area contributed by atoms with Crippen molar-refractivity contribution < 1.29 is 9.59 Å². The summed E-state index contributed by atoms with van der Waals surface area (Å²) in [6.45, 7) is 1.92. The molecule has 0 saturated heterocycles. The van der Waals surface area contributed by atoms with Crippen molar-refractivity contribution in [3.05, 3.63) is 64.9 Å². The summed E-state index contributed by atoms with van der Waals surface area (Å²) in [5.74, 6) is -0.118. The molecule has 128 valence electrons. The summed E-state index contributed by atoms with van der Waals surface area (Å²) >= 11 is 1.40. The van der Waals surface area contributed by atoms with E-state index in [1.165, 1.54) is 17.7 Å². The lowest BCUT2D eigenvalue weighted by atomic mass is 10.1. The van der Waals surface area contributed by atoms with Crippen LogP contribution in [0.5, 0.6) is 0 Å². The van der Waals surface area contributed by atoms with E-state index >= 15 is 0 Å². The van der Waals surface area contributed by atoms with E-state index < -0.39 is 0 Å². The molecule has 7 heteroatoms. The lowest BCUT2D eigenvalue weighted by molar-refractivity contribution is -0.121. The molecule has 0 saturated carbocycles. The number of carbonyl (C=O) groups excluding carboxylic acids is 2. The number of aromatic nitrogens is 3. The minimum atomic E-state index is -0.130. The van der Waals surface area contributed by atoms with Gasteiger partial charge in [-0.05, 0) is 36.1 Å². The van der Waals surface area contributed by atoms with Gasteiger partial charge in [-0.2, -0.15) is 5.10 Å². The summed E-state index contributed by atoms with van der Waals surface area (Å²) in [6.07, 6.45) is 3.53. The monoisotopic (exact) mass is 354 g/mol. The Bertz CT molecular complexity index is 827. The number of thiophene rings is 1. The lowest BCUT2D eigenvalue weighted by Crippen LogP contribution is -2.26. The van der Waals surface area contributed by atoms with Crippen LogP contribution in [-0.2, 0) is 4.79 Å². The highest BCUT2D eigenvalue weighted by molar-refractivity contribution is 7.12. The Kier molecular flexibility index (Phi) is 5.35. The molecule has 0 fully saturated rings. The Hall–Kier alpha value is -2.80. The van der Waals surface area contributed by atoms with Crippen molar-refractivity contribution in [3.63, 3.8) is 0 Å². The number of rotatable bonds is 7. The number of hydrogen-bond donors (Lipinski definition) is 1. The van der Waals surface area contributed by atoms with Crippen LogP contribution in [0.4, 0.5) is 0 Å². The maximum atomic E-state index is 12.1. The number of nitrogens with one attached hydrogen (secondary N) is 1. The van der Waals surface area contributed by atoms with Gasteiger partial charge in [-0.1, -0.05) is 18.2 Å². The van der Waals surface area contributed by atoms with Gasteiger partial charge in [-0.15, -0.1) is 11.3 Å². The van der Waals surface area contributed by atoms with Crippen LogP contribution in [0.15, 0.2) is 54.4 Å². The maximum absolute atomic E-state index is 12.1. The number of benzene rings is 1. The number of ketones is 1. The standard InChI is InChI=1S/C18H18N4O2S/c1-13(14-4-6-15(7-5-14)22-12-19-11-20-22)21-18(24)9-8-16(23)17-3-2-10-25-17/h2-7,10-13H,8-9H2,1H3,(H,21,24)/t13-/m1/s1. The van der Waals surface area contributed by atoms with Crippen LogP contribution < -0.4 is 5.32 Å². The molecule has 3 aromatic rings. The molecule has 0 spiro atoms. The summed E-state index contributed by atoms with van der Waals surface area (Å²) in [4.78, 5) is 28.6. The third-order valence-electron chi connectivity index (χ3n) is 3.83. The Morgan fingerprint density at radius 1 is 1.20 bits per heavy atom. The van der Waals surface area contributed by atoms with Crippen molar-refractivity contribution in [2.24, 2.45) is 0 Å². The van der Waals surface area contributed by atoms with Crippen LogP contribution in [0, 0.1) is 0 Å². The van der Waals surface area contributed by atoms with Crippen molar-refractivity contribution in [3.8, 4) is 5.69 Å². The Morgan fingerprint density at radius 3 is 2.64 bits per heavy atom. The third-order valence-corrected chi connectivity index (χ3v) is 4.74. The van der Waals surface area contributed by atoms with Crippen molar-refractivity contribution in [2.75, 3.05) is 0 Å². The van der Waals surface area contributed by atoms with Crippen LogP contribution in [0.2, 0.25) is 0 Å². The molecule has 1 amide bonds. The van der Waals surface area contributed by atoms with Crippen LogP contribution in [0.3, 0.4) is 0 Å². The topological polar surface area (TPSA) is 76.9 Å². The predicted molar refractivity (Wildman–Crippen MR) is 95.8 cm³/mol. The fourth-order valence-corrected chi connectivity index (χ4v) is 3.14. The zero-order valence-corrected chi connectivity index (χ0v) is 14.6. The highest BCUT2D eigenvalue weighted by atomic mass is 32.1. The minimum absolute atomic E-state index is 0.00925. The summed E-state index contributed by atoms with van der Waals surface area (Å²) in [5.41, 5.74) is 1.89. The average Bonchev–Trinajstić information content (AvgIpc) is 3.33. The SMILES string of the molecule is C[C@@H](NC(=O)CCC(=O)c1cccs1)c1ccc(-n2cncn2)cc1. The molecule has 0 aliphatic rings. The Balaban J connectivity index is 1.52. The smallest absolute Gasteiger partial charge is 0.220 e. The first kappa shape index (κ1) is 17.0. The predicted octanol–water partition coefficient (Wildman–Crippen LogP) is 3.17. The van der Waals surface area contributed by atoms with Crippen LogP contribution >= 0.6 is 11.3 Å². The molecule has 3 rings (SSSR count). The van der Waals surface area contributed by atoms with E-state index in [9.17, 15) is 9.59 Å². The maximum Gasteiger partial charge on any atom is 0.220 e. The normalized spacial score (nSPS) is 11.9. The molecule has 0 aliphatic carbocycles. The number of amides is 1. The molecule has 1 aromatic carbocycles. The number of nitrogens with zero attached hydrogens (tertiary/aromatic N) is 3. The first-order valence-electron chi connectivity index (χ1n) is 7.94. The van der Waals surface area contributed by atoms with Crippen LogP contribution in [0.1, 0.15) is 41.0 Å². The van der Waals surface area contributed by atoms with Crippen molar-refractivity contribution in [2.45, 2.75) is 25.8 Å². The summed E-state index contributed by atoms with van der Waals surface area (Å²) < 4.78 is 1.67. The van der Waals surface area contributed by atoms with E-state index in [0.29, 0.717) is 4.88 Å². The van der Waals surface area contributed by atoms with Gasteiger partial charge in [-0.3, -0.25) is 9.59 Å². The number of carbonyl (C=O) groups is 2. The van der Waals surface area contributed by atoms with Gasteiger partial charge in [0.2, 0.25) is 5.91 Å². The molecule has 0 unspecified atom stereocenters. The Morgan fingerprint density at radius 2 is 2.00 bits per heavy atom. The lowest BCUT2D eigenvalue weighted by Gasteiger charge is -2.14. The van der Waals surface area contributed by atoms with Crippen molar-refractivity contribution >= 4 is 23.0 Å². The second-order valence-corrected chi connectivity index (χ2v) is 6.57. The van der Waals surface area contributed by atoms with Crippen molar-refractivity contribution in [1.82, 2.24) is 20.1 Å². The van der Waals surface area contributed by atoms with E-state index in [1.807, 2.05) is 42.6 Å². The molecule has 0 aliphatic heterocycles. The van der Waals surface area contributed by atoms with E-state index in [-0.39, 0.29) is 30.6 Å². The first-order chi connectivity index (χ1) is 12.1. The van der Waals surface area contributed by atoms with E-state index in [2.05, 4.69) is 15.4 Å². The van der Waals surface area contributed by atoms with Crippen LogP contribution in [-0.4, -0.2) is 26.5 Å². The second kappa shape index (κ2) is 7.85. The zero-order valence-electron chi connectivity index (χ0n) is 13.8. The molecule has 1 atom stereocenters. The van der Waals surface area contributed by atoms with E-state index in [1.54, 1.807) is 17.1 Å². The van der Waals surface area contributed by atoms with E-state index in [4.69, 9.17) is 0 Å². The first-order valence-corrected chi connectivity index (χ1v) is 8.82. The third kappa shape index (κ3) is 4.39. The fourth-order valence-electron chi connectivity index (χ4n) is 2.44. The highest BCUT2D eigenvalue weighted by Crippen LogP contribution is 2.16. The summed E-state index contributed by atoms with van der Waals surface area (Å²) in [7, 11) is 0. The Labute approximate surface area is 149 Å². The van der Waals surface area contributed by atoms with Gasteiger partial charge in [-0.25, -0.2) is 9.67 Å². The van der Waals surface area contributed by atoms with Gasteiger partial charge in [0.15, 0.2) is 5.78 Å². The van der Waals surface area contributed by atoms with Gasteiger partial charge in [0.05, 0.1) is 16.6 Å². The molecule has 0 radical (unpaired) electrons. The van der Waals surface area contributed by atoms with Gasteiger partial charge < -0.3 is 5.32 Å². The zero-order chi connectivity index (χ0) is 17.6. The second-order valence-electron chi connectivity index (χ2n) is 5.62. The van der Waals surface area contributed by atoms with Crippen LogP contribution in [0.25, 0.3) is 5.69 Å². The molecule has 6 nitrogen and oxygen atoms in total. The molecular formula is C18H18N4O2S. The fraction of sp³-hybridized carbons (Fsp3) is 0.222. The van der Waals surface area contributed by atoms with Gasteiger partial charge in [0, 0.05) is 12.8 Å². The largest absolute Gasteiger partial charge is 0.350 e. The molecule has 2 aromatic heterocycles. The summed E-state index contributed by atoms with van der Waals surface area (Å²) in [6, 6.07) is 11.2.